The van der Waals surface area contributed by atoms with Crippen molar-refractivity contribution < 1.29 is 9.47 Å². The Morgan fingerprint density at radius 1 is 1.00 bits per heavy atom. The lowest BCUT2D eigenvalue weighted by Crippen LogP contribution is -2.04. The van der Waals surface area contributed by atoms with Gasteiger partial charge in [-0.3, -0.25) is 0 Å². The number of hydrogen-bond acceptors (Lipinski definition) is 3. The zero-order valence-corrected chi connectivity index (χ0v) is 12.7. The van der Waals surface area contributed by atoms with Crippen LogP contribution >= 0.6 is 23.8 Å². The van der Waals surface area contributed by atoms with Crippen molar-refractivity contribution in [2.75, 3.05) is 6.61 Å². The van der Waals surface area contributed by atoms with Gasteiger partial charge in [-0.15, -0.1) is 0 Å². The summed E-state index contributed by atoms with van der Waals surface area (Å²) in [7, 11) is 0. The molecule has 2 aromatic carbocycles. The minimum absolute atomic E-state index is 0.608. The van der Waals surface area contributed by atoms with Crippen LogP contribution < -0.4 is 4.74 Å². The highest BCUT2D eigenvalue weighted by Gasteiger charge is 2.01. The van der Waals surface area contributed by atoms with Crippen LogP contribution in [-0.2, 0) is 11.2 Å². The summed E-state index contributed by atoms with van der Waals surface area (Å²) in [5, 5.41) is 1.30. The molecule has 0 spiro atoms. The van der Waals surface area contributed by atoms with Crippen LogP contribution in [0, 0.1) is 0 Å². The molecule has 4 heteroatoms. The maximum atomic E-state index is 5.83. The number of benzene rings is 2. The van der Waals surface area contributed by atoms with Gasteiger partial charge in [-0.1, -0.05) is 23.7 Å². The Kier molecular flexibility index (Phi) is 5.39. The third-order valence-corrected chi connectivity index (χ3v) is 3.14. The number of hydrogen-bond donors (Lipinski definition) is 0. The van der Waals surface area contributed by atoms with E-state index in [1.165, 1.54) is 0 Å². The van der Waals surface area contributed by atoms with Crippen LogP contribution in [0.1, 0.15) is 12.5 Å². The van der Waals surface area contributed by atoms with Gasteiger partial charge in [0, 0.05) is 11.4 Å². The number of thiocarbonyl (C=S) groups is 1. The second-order valence-electron chi connectivity index (χ2n) is 4.18. The molecule has 0 aliphatic heterocycles. The summed E-state index contributed by atoms with van der Waals surface area (Å²) >= 11 is 10.9. The van der Waals surface area contributed by atoms with Crippen LogP contribution in [0.2, 0.25) is 5.02 Å². The van der Waals surface area contributed by atoms with Crippen molar-refractivity contribution in [2.45, 2.75) is 13.3 Å². The smallest absolute Gasteiger partial charge is 0.164 e. The molecule has 0 heterocycles. The predicted molar refractivity (Wildman–Crippen MR) is 85.9 cm³/mol. The molecule has 0 radical (unpaired) electrons. The minimum Gasteiger partial charge on any atom is -0.487 e. The van der Waals surface area contributed by atoms with E-state index < -0.39 is 0 Å². The molecule has 104 valence electrons. The van der Waals surface area contributed by atoms with E-state index in [-0.39, 0.29) is 0 Å². The number of halogens is 1. The quantitative estimate of drug-likeness (QED) is 0.721. The van der Waals surface area contributed by atoms with Gasteiger partial charge in [-0.25, -0.2) is 0 Å². The van der Waals surface area contributed by atoms with Crippen molar-refractivity contribution in [3.05, 3.63) is 59.1 Å². The molecule has 0 saturated heterocycles. The molecule has 0 aliphatic rings. The molecule has 2 rings (SSSR count). The molecular weight excluding hydrogens is 292 g/mol. The first-order valence-corrected chi connectivity index (χ1v) is 7.14. The van der Waals surface area contributed by atoms with E-state index in [0.717, 1.165) is 17.1 Å². The van der Waals surface area contributed by atoms with E-state index in [1.54, 1.807) is 12.1 Å². The van der Waals surface area contributed by atoms with E-state index >= 15 is 0 Å². The van der Waals surface area contributed by atoms with Gasteiger partial charge < -0.3 is 9.47 Å². The first-order valence-electron chi connectivity index (χ1n) is 6.35. The summed E-state index contributed by atoms with van der Waals surface area (Å²) in [5.41, 5.74) is 1.10. The predicted octanol–water partition coefficient (Wildman–Crippen LogP) is 5.04. The van der Waals surface area contributed by atoms with Gasteiger partial charge in [-0.2, -0.15) is 0 Å². The Balaban J connectivity index is 1.97. The molecule has 0 aromatic heterocycles. The standard InChI is InChI=1S/C16H15ClO2S/c1-2-18-16(20)11-12-3-7-14(8-4-12)19-15-9-5-13(17)6-10-15/h3-10H,2,11H2,1H3. The summed E-state index contributed by atoms with van der Waals surface area (Å²) in [6.07, 6.45) is 0.643. The highest BCUT2D eigenvalue weighted by atomic mass is 35.5. The van der Waals surface area contributed by atoms with E-state index in [2.05, 4.69) is 0 Å². The number of ether oxygens (including phenoxy) is 2. The fraction of sp³-hybridized carbons (Fsp3) is 0.188. The molecule has 20 heavy (non-hydrogen) atoms. The van der Waals surface area contributed by atoms with Crippen molar-refractivity contribution in [1.82, 2.24) is 0 Å². The van der Waals surface area contributed by atoms with Crippen LogP contribution in [-0.4, -0.2) is 11.7 Å². The molecule has 0 amide bonds. The van der Waals surface area contributed by atoms with Gasteiger partial charge >= 0.3 is 0 Å². The van der Waals surface area contributed by atoms with Crippen molar-refractivity contribution in [3.63, 3.8) is 0 Å². The van der Waals surface area contributed by atoms with E-state index in [0.29, 0.717) is 23.1 Å². The van der Waals surface area contributed by atoms with Crippen molar-refractivity contribution in [1.29, 1.82) is 0 Å². The Morgan fingerprint density at radius 3 is 2.10 bits per heavy atom. The lowest BCUT2D eigenvalue weighted by atomic mass is 10.1. The largest absolute Gasteiger partial charge is 0.487 e. The van der Waals surface area contributed by atoms with E-state index in [9.17, 15) is 0 Å². The third kappa shape index (κ3) is 4.51. The van der Waals surface area contributed by atoms with Crippen LogP contribution in [0.3, 0.4) is 0 Å². The summed E-state index contributed by atoms with van der Waals surface area (Å²) in [6.45, 7) is 2.53. The third-order valence-electron chi connectivity index (χ3n) is 2.63. The molecule has 0 saturated carbocycles. The zero-order valence-electron chi connectivity index (χ0n) is 11.1. The molecule has 0 bridgehead atoms. The first kappa shape index (κ1) is 14.8. The van der Waals surface area contributed by atoms with Gasteiger partial charge in [0.05, 0.1) is 6.61 Å². The molecule has 2 nitrogen and oxygen atoms in total. The van der Waals surface area contributed by atoms with E-state index in [4.69, 9.17) is 33.3 Å². The summed E-state index contributed by atoms with van der Waals surface area (Å²) < 4.78 is 11.0. The van der Waals surface area contributed by atoms with Gasteiger partial charge in [0.25, 0.3) is 0 Å². The summed E-state index contributed by atoms with van der Waals surface area (Å²) in [5.74, 6) is 1.53. The van der Waals surface area contributed by atoms with Crippen LogP contribution in [0.4, 0.5) is 0 Å². The van der Waals surface area contributed by atoms with Crippen molar-refractivity contribution in [3.8, 4) is 11.5 Å². The first-order chi connectivity index (χ1) is 9.67. The average molecular weight is 307 g/mol. The summed E-state index contributed by atoms with van der Waals surface area (Å²) in [6, 6.07) is 15.1. The molecule has 0 N–H and O–H groups in total. The van der Waals surface area contributed by atoms with Crippen LogP contribution in [0.15, 0.2) is 48.5 Å². The maximum Gasteiger partial charge on any atom is 0.164 e. The molecule has 0 aliphatic carbocycles. The zero-order chi connectivity index (χ0) is 14.4. The molecule has 0 unspecified atom stereocenters. The average Bonchev–Trinajstić information content (AvgIpc) is 2.44. The van der Waals surface area contributed by atoms with Gasteiger partial charge in [0.15, 0.2) is 5.05 Å². The van der Waals surface area contributed by atoms with Crippen LogP contribution in [0.25, 0.3) is 0 Å². The molecule has 0 fully saturated rings. The Morgan fingerprint density at radius 2 is 1.55 bits per heavy atom. The Hall–Kier alpha value is -1.58. The highest BCUT2D eigenvalue weighted by Crippen LogP contribution is 2.23. The van der Waals surface area contributed by atoms with Gasteiger partial charge in [0.1, 0.15) is 11.5 Å². The topological polar surface area (TPSA) is 18.5 Å². The highest BCUT2D eigenvalue weighted by molar-refractivity contribution is 7.80. The Bertz CT molecular complexity index is 564. The van der Waals surface area contributed by atoms with Crippen LogP contribution in [0.5, 0.6) is 11.5 Å². The fourth-order valence-electron chi connectivity index (χ4n) is 1.69. The normalized spacial score (nSPS) is 10.1. The summed E-state index contributed by atoms with van der Waals surface area (Å²) in [4.78, 5) is 0. The van der Waals surface area contributed by atoms with Gasteiger partial charge in [-0.05, 0) is 61.1 Å². The van der Waals surface area contributed by atoms with Crippen molar-refractivity contribution >= 4 is 28.9 Å². The lowest BCUT2D eigenvalue weighted by Gasteiger charge is -2.08. The maximum absolute atomic E-state index is 5.83. The fourth-order valence-corrected chi connectivity index (χ4v) is 2.10. The van der Waals surface area contributed by atoms with Crippen molar-refractivity contribution in [2.24, 2.45) is 0 Å². The monoisotopic (exact) mass is 306 g/mol. The number of rotatable bonds is 5. The second-order valence-corrected chi connectivity index (χ2v) is 5.07. The second kappa shape index (κ2) is 7.27. The molecule has 0 atom stereocenters. The Labute approximate surface area is 129 Å². The SMILES string of the molecule is CCOC(=S)Cc1ccc(Oc2ccc(Cl)cc2)cc1. The minimum atomic E-state index is 0.608. The van der Waals surface area contributed by atoms with E-state index in [1.807, 2.05) is 43.3 Å². The molecule has 2 aromatic rings. The molecular formula is C16H15ClO2S. The lowest BCUT2D eigenvalue weighted by molar-refractivity contribution is 0.330. The van der Waals surface area contributed by atoms with Gasteiger partial charge in [0.2, 0.25) is 0 Å².